The van der Waals surface area contributed by atoms with E-state index in [0.29, 0.717) is 23.7 Å². The number of carbonyl (C=O) groups is 1. The number of hydrogen-bond donors (Lipinski definition) is 2. The van der Waals surface area contributed by atoms with Gasteiger partial charge in [-0.3, -0.25) is 4.79 Å². The van der Waals surface area contributed by atoms with E-state index in [2.05, 4.69) is 5.32 Å². The minimum absolute atomic E-state index is 0.00986. The maximum atomic E-state index is 11.2. The molecule has 3 nitrogen and oxygen atoms in total. The molecule has 0 aromatic carbocycles. The lowest BCUT2D eigenvalue weighted by Crippen LogP contribution is -2.17. The molecule has 1 heterocycles. The molecule has 0 unspecified atom stereocenters. The van der Waals surface area contributed by atoms with Crippen LogP contribution in [0.15, 0.2) is 21.9 Å². The average molecular weight is 185 g/mol. The van der Waals surface area contributed by atoms with Gasteiger partial charge in [0.25, 0.3) is 0 Å². The predicted molar refractivity (Wildman–Crippen MR) is 46.3 cm³/mol. The fraction of sp³-hybridized carbons (Fsp3) is 0.375. The molecule has 0 radical (unpaired) electrons. The fourth-order valence-corrected chi connectivity index (χ4v) is 1.83. The van der Waals surface area contributed by atoms with Gasteiger partial charge in [-0.05, 0) is 12.8 Å². The minimum Gasteiger partial charge on any atom is -0.401 e. The van der Waals surface area contributed by atoms with Crippen molar-refractivity contribution in [3.8, 4) is 0 Å². The summed E-state index contributed by atoms with van der Waals surface area (Å²) in [5.74, 6) is 0.00986. The quantitative estimate of drug-likeness (QED) is 0.580. The van der Waals surface area contributed by atoms with E-state index in [1.54, 1.807) is 0 Å². The summed E-state index contributed by atoms with van der Waals surface area (Å²) in [4.78, 5) is 11.2. The molecular weight excluding hydrogens is 176 g/mol. The third-order valence-electron chi connectivity index (χ3n) is 2.26. The topological polar surface area (TPSA) is 55.1 Å². The molecule has 1 aliphatic carbocycles. The smallest absolute Gasteiger partial charge is 0.247 e. The van der Waals surface area contributed by atoms with Crippen molar-refractivity contribution in [2.75, 3.05) is 6.54 Å². The monoisotopic (exact) mass is 184 g/mol. The third-order valence-corrected chi connectivity index (χ3v) is 2.73. The number of halogens is 1. The Morgan fingerprint density at radius 2 is 2.08 bits per heavy atom. The molecule has 0 fully saturated rings. The molecule has 1 amide bonds. The highest BCUT2D eigenvalue weighted by atomic mass is 35.5. The SMILES string of the molecule is NC1=C(Cl)C2=C(CC1)C(=O)NC2. The number of nitrogens with one attached hydrogen (secondary N) is 1. The van der Waals surface area contributed by atoms with Gasteiger partial charge in [0.1, 0.15) is 0 Å². The summed E-state index contributed by atoms with van der Waals surface area (Å²) >= 11 is 5.94. The van der Waals surface area contributed by atoms with E-state index in [0.717, 1.165) is 17.6 Å². The van der Waals surface area contributed by atoms with Gasteiger partial charge >= 0.3 is 0 Å². The van der Waals surface area contributed by atoms with Crippen molar-refractivity contribution in [1.82, 2.24) is 5.32 Å². The van der Waals surface area contributed by atoms with Crippen LogP contribution in [0.25, 0.3) is 0 Å². The first kappa shape index (κ1) is 7.68. The number of rotatable bonds is 0. The standard InChI is InChI=1S/C8H9ClN2O/c9-7-5-3-11-8(12)4(5)1-2-6(7)10/h1-3,10H2,(H,11,12). The molecule has 4 heteroatoms. The van der Waals surface area contributed by atoms with Crippen molar-refractivity contribution in [2.24, 2.45) is 5.73 Å². The van der Waals surface area contributed by atoms with E-state index in [9.17, 15) is 4.79 Å². The van der Waals surface area contributed by atoms with Gasteiger partial charge in [0.2, 0.25) is 5.91 Å². The third kappa shape index (κ3) is 0.932. The maximum absolute atomic E-state index is 11.2. The van der Waals surface area contributed by atoms with Gasteiger partial charge in [-0.2, -0.15) is 0 Å². The first-order valence-corrected chi connectivity index (χ1v) is 4.22. The van der Waals surface area contributed by atoms with Crippen molar-refractivity contribution >= 4 is 17.5 Å². The van der Waals surface area contributed by atoms with Crippen molar-refractivity contribution in [3.05, 3.63) is 21.9 Å². The Bertz CT molecular complexity index is 317. The maximum Gasteiger partial charge on any atom is 0.247 e. The largest absolute Gasteiger partial charge is 0.401 e. The van der Waals surface area contributed by atoms with Crippen molar-refractivity contribution < 1.29 is 4.79 Å². The Kier molecular flexibility index (Phi) is 1.61. The molecule has 1 aliphatic heterocycles. The molecule has 2 aliphatic rings. The van der Waals surface area contributed by atoms with E-state index in [1.807, 2.05) is 0 Å². The minimum atomic E-state index is 0.00986. The summed E-state index contributed by atoms with van der Waals surface area (Å²) in [6, 6.07) is 0. The van der Waals surface area contributed by atoms with Gasteiger partial charge in [-0.1, -0.05) is 11.6 Å². The Morgan fingerprint density at radius 3 is 2.83 bits per heavy atom. The van der Waals surface area contributed by atoms with E-state index in [4.69, 9.17) is 17.3 Å². The fourth-order valence-electron chi connectivity index (χ4n) is 1.56. The van der Waals surface area contributed by atoms with Gasteiger partial charge in [0.05, 0.1) is 5.03 Å². The van der Waals surface area contributed by atoms with E-state index in [-0.39, 0.29) is 5.91 Å². The highest BCUT2D eigenvalue weighted by molar-refractivity contribution is 6.33. The molecule has 0 bridgehead atoms. The van der Waals surface area contributed by atoms with Crippen LogP contribution in [0.1, 0.15) is 12.8 Å². The van der Waals surface area contributed by atoms with Crippen LogP contribution in [0.4, 0.5) is 0 Å². The number of hydrogen-bond acceptors (Lipinski definition) is 2. The van der Waals surface area contributed by atoms with Gasteiger partial charge in [0, 0.05) is 23.4 Å². The molecule has 64 valence electrons. The van der Waals surface area contributed by atoms with Crippen LogP contribution < -0.4 is 11.1 Å². The van der Waals surface area contributed by atoms with Gasteiger partial charge in [-0.15, -0.1) is 0 Å². The van der Waals surface area contributed by atoms with Crippen molar-refractivity contribution in [1.29, 1.82) is 0 Å². The summed E-state index contributed by atoms with van der Waals surface area (Å²) in [7, 11) is 0. The van der Waals surface area contributed by atoms with E-state index < -0.39 is 0 Å². The van der Waals surface area contributed by atoms with Crippen molar-refractivity contribution in [3.63, 3.8) is 0 Å². The summed E-state index contributed by atoms with van der Waals surface area (Å²) < 4.78 is 0. The Morgan fingerprint density at radius 1 is 1.33 bits per heavy atom. The summed E-state index contributed by atoms with van der Waals surface area (Å²) in [5.41, 5.74) is 8.06. The molecular formula is C8H9ClN2O. The normalized spacial score (nSPS) is 22.9. The zero-order chi connectivity index (χ0) is 8.72. The molecule has 0 saturated heterocycles. The van der Waals surface area contributed by atoms with Crippen LogP contribution in [0.2, 0.25) is 0 Å². The summed E-state index contributed by atoms with van der Waals surface area (Å²) in [6.07, 6.45) is 1.42. The first-order valence-electron chi connectivity index (χ1n) is 3.85. The van der Waals surface area contributed by atoms with Crippen LogP contribution >= 0.6 is 11.6 Å². The molecule has 2 rings (SSSR count). The lowest BCUT2D eigenvalue weighted by Gasteiger charge is -2.13. The molecule has 0 aromatic rings. The van der Waals surface area contributed by atoms with Crippen LogP contribution in [0.5, 0.6) is 0 Å². The van der Waals surface area contributed by atoms with Crippen LogP contribution in [0.3, 0.4) is 0 Å². The number of allylic oxidation sites excluding steroid dienone is 1. The second-order valence-corrected chi connectivity index (χ2v) is 3.36. The second-order valence-electron chi connectivity index (χ2n) is 2.98. The molecule has 0 atom stereocenters. The Labute approximate surface area is 75.3 Å². The lowest BCUT2D eigenvalue weighted by atomic mass is 9.97. The zero-order valence-corrected chi connectivity index (χ0v) is 7.24. The zero-order valence-electron chi connectivity index (χ0n) is 6.48. The highest BCUT2D eigenvalue weighted by Gasteiger charge is 2.28. The summed E-state index contributed by atoms with van der Waals surface area (Å²) in [5, 5.41) is 3.30. The van der Waals surface area contributed by atoms with Crippen molar-refractivity contribution in [2.45, 2.75) is 12.8 Å². The van der Waals surface area contributed by atoms with Crippen LogP contribution in [-0.2, 0) is 4.79 Å². The number of amides is 1. The average Bonchev–Trinajstić information content (AvgIpc) is 2.41. The van der Waals surface area contributed by atoms with Gasteiger partial charge < -0.3 is 11.1 Å². The predicted octanol–water partition coefficient (Wildman–Crippen LogP) is 0.616. The Balaban J connectivity index is 2.46. The Hall–Kier alpha value is -0.960. The molecule has 3 N–H and O–H groups in total. The second kappa shape index (κ2) is 2.52. The van der Waals surface area contributed by atoms with Crippen LogP contribution in [0, 0.1) is 0 Å². The summed E-state index contributed by atoms with van der Waals surface area (Å²) in [6.45, 7) is 0.535. The van der Waals surface area contributed by atoms with E-state index in [1.165, 1.54) is 0 Å². The molecule has 0 spiro atoms. The number of carbonyl (C=O) groups excluding carboxylic acids is 1. The molecule has 0 aromatic heterocycles. The van der Waals surface area contributed by atoms with Crippen LogP contribution in [-0.4, -0.2) is 12.5 Å². The number of nitrogens with two attached hydrogens (primary N) is 1. The highest BCUT2D eigenvalue weighted by Crippen LogP contribution is 2.32. The molecule has 0 saturated carbocycles. The first-order chi connectivity index (χ1) is 5.70. The van der Waals surface area contributed by atoms with Gasteiger partial charge in [-0.25, -0.2) is 0 Å². The lowest BCUT2D eigenvalue weighted by molar-refractivity contribution is -0.116. The molecule has 12 heavy (non-hydrogen) atoms. The van der Waals surface area contributed by atoms with E-state index >= 15 is 0 Å². The van der Waals surface area contributed by atoms with Gasteiger partial charge in [0.15, 0.2) is 0 Å².